The van der Waals surface area contributed by atoms with E-state index in [0.29, 0.717) is 46.1 Å². The van der Waals surface area contributed by atoms with Crippen LogP contribution in [0.5, 0.6) is 17.2 Å². The summed E-state index contributed by atoms with van der Waals surface area (Å²) in [5.74, 6) is 1.30. The van der Waals surface area contributed by atoms with Crippen LogP contribution in [-0.4, -0.2) is 39.4 Å². The van der Waals surface area contributed by atoms with E-state index in [0.717, 1.165) is 5.57 Å². The highest BCUT2D eigenvalue weighted by atomic mass is 16.7. The molecule has 2 heterocycles. The number of rotatable bonds is 4. The van der Waals surface area contributed by atoms with Crippen LogP contribution in [0.4, 0.5) is 0 Å². The molecule has 0 bridgehead atoms. The zero-order chi connectivity index (χ0) is 25.1. The Hall–Kier alpha value is -3.42. The van der Waals surface area contributed by atoms with Crippen LogP contribution in [0.2, 0.25) is 0 Å². The van der Waals surface area contributed by atoms with Gasteiger partial charge in [0.05, 0.1) is 14.2 Å². The van der Waals surface area contributed by atoms with Gasteiger partial charge in [0.1, 0.15) is 18.1 Å². The minimum Gasteiger partial charge on any atom is -0.493 e. The maximum absolute atomic E-state index is 14.2. The summed E-state index contributed by atoms with van der Waals surface area (Å²) in [7, 11) is 2.98. The minimum atomic E-state index is -1.15. The first-order valence-corrected chi connectivity index (χ1v) is 11.8. The molecule has 1 aromatic rings. The Bertz CT molecular complexity index is 1210. The number of fused-ring (bicyclic) bond motifs is 2. The van der Waals surface area contributed by atoms with Crippen LogP contribution < -0.4 is 14.2 Å². The third kappa shape index (κ3) is 3.18. The van der Waals surface area contributed by atoms with Gasteiger partial charge in [0, 0.05) is 22.6 Å². The third-order valence-corrected chi connectivity index (χ3v) is 7.82. The predicted molar refractivity (Wildman–Crippen MR) is 125 cm³/mol. The maximum atomic E-state index is 14.2. The molecule has 0 fully saturated rings. The average molecular weight is 483 g/mol. The molecule has 0 saturated carbocycles. The minimum absolute atomic E-state index is 0.0450. The van der Waals surface area contributed by atoms with Gasteiger partial charge in [0.2, 0.25) is 24.1 Å². The smallest absolute Gasteiger partial charge is 0.333 e. The van der Waals surface area contributed by atoms with Crippen LogP contribution in [0.3, 0.4) is 0 Å². The van der Waals surface area contributed by atoms with E-state index < -0.39 is 17.5 Å². The lowest BCUT2D eigenvalue weighted by molar-refractivity contribution is -0.148. The molecule has 8 heteroatoms. The van der Waals surface area contributed by atoms with Gasteiger partial charge in [-0.15, -0.1) is 0 Å². The van der Waals surface area contributed by atoms with E-state index in [2.05, 4.69) is 13.8 Å². The van der Waals surface area contributed by atoms with Gasteiger partial charge in [-0.25, -0.2) is 4.79 Å². The van der Waals surface area contributed by atoms with E-state index in [1.165, 1.54) is 14.2 Å². The molecule has 186 valence electrons. The van der Waals surface area contributed by atoms with Crippen LogP contribution in [-0.2, 0) is 29.2 Å². The van der Waals surface area contributed by atoms with Gasteiger partial charge >= 0.3 is 5.97 Å². The third-order valence-electron chi connectivity index (χ3n) is 7.82. The lowest BCUT2D eigenvalue weighted by atomic mass is 9.62. The number of carbonyl (C=O) groups excluding carboxylic acids is 2. The van der Waals surface area contributed by atoms with Crippen LogP contribution in [0, 0.1) is 11.8 Å². The summed E-state index contributed by atoms with van der Waals surface area (Å²) >= 11 is 0. The summed E-state index contributed by atoms with van der Waals surface area (Å²) in [6.07, 6.45) is 3.58. The highest BCUT2D eigenvalue weighted by Crippen LogP contribution is 2.61. The second-order valence-corrected chi connectivity index (χ2v) is 9.54. The Balaban J connectivity index is 1.80. The molecular weight excluding hydrogens is 452 g/mol. The van der Waals surface area contributed by atoms with Crippen LogP contribution in [0.1, 0.15) is 51.3 Å². The van der Waals surface area contributed by atoms with Crippen molar-refractivity contribution in [1.29, 1.82) is 0 Å². The summed E-state index contributed by atoms with van der Waals surface area (Å²) in [5.41, 5.74) is 1.59. The van der Waals surface area contributed by atoms with Gasteiger partial charge in [0.15, 0.2) is 17.3 Å². The van der Waals surface area contributed by atoms with Crippen LogP contribution in [0.15, 0.2) is 40.9 Å². The number of methoxy groups -OCH3 is 2. The van der Waals surface area contributed by atoms with Crippen LogP contribution in [0.25, 0.3) is 0 Å². The average Bonchev–Trinajstić information content (AvgIpc) is 3.48. The summed E-state index contributed by atoms with van der Waals surface area (Å²) in [5, 5.41) is 0. The first kappa shape index (κ1) is 23.3. The summed E-state index contributed by atoms with van der Waals surface area (Å²) in [4.78, 5) is 27.1. The molecule has 2 aliphatic heterocycles. The Morgan fingerprint density at radius 1 is 1.14 bits per heavy atom. The molecule has 1 spiro atoms. The molecule has 0 saturated heterocycles. The quantitative estimate of drug-likeness (QED) is 0.464. The fourth-order valence-electron chi connectivity index (χ4n) is 5.51. The zero-order valence-corrected chi connectivity index (χ0v) is 20.9. The molecule has 8 nitrogen and oxygen atoms in total. The molecule has 5 rings (SSSR count). The number of esters is 1. The summed E-state index contributed by atoms with van der Waals surface area (Å²) in [6, 6.07) is 1.84. The molecule has 0 amide bonds. The summed E-state index contributed by atoms with van der Waals surface area (Å²) in [6.45, 7) is 7.81. The van der Waals surface area contributed by atoms with Crippen molar-refractivity contribution in [3.8, 4) is 17.2 Å². The monoisotopic (exact) mass is 482 g/mol. The normalized spacial score (nSPS) is 28.9. The van der Waals surface area contributed by atoms with Gasteiger partial charge in [-0.3, -0.25) is 4.79 Å². The van der Waals surface area contributed by atoms with Crippen LogP contribution >= 0.6 is 0 Å². The van der Waals surface area contributed by atoms with Crippen molar-refractivity contribution < 1.29 is 38.0 Å². The lowest BCUT2D eigenvalue weighted by Gasteiger charge is -2.41. The Morgan fingerprint density at radius 2 is 1.91 bits per heavy atom. The number of hydrogen-bond donors (Lipinski definition) is 0. The molecule has 4 atom stereocenters. The molecule has 0 radical (unpaired) electrons. The molecule has 2 aliphatic carbocycles. The fourth-order valence-corrected chi connectivity index (χ4v) is 5.51. The highest BCUT2D eigenvalue weighted by Gasteiger charge is 2.59. The molecule has 4 aliphatic rings. The molecule has 0 N–H and O–H groups in total. The first-order valence-electron chi connectivity index (χ1n) is 11.8. The van der Waals surface area contributed by atoms with Gasteiger partial charge in [-0.2, -0.15) is 0 Å². The van der Waals surface area contributed by atoms with Crippen molar-refractivity contribution in [2.45, 2.75) is 45.6 Å². The number of hydrogen-bond acceptors (Lipinski definition) is 8. The standard InChI is InChI=1S/C27H30O8/c1-7-13(2)26(29)35-21-15(4)14(3)8-16-9-18(30-5)23(31-6)25(28)27(16)11-32-24-20(27)17(21)10-19-22(24)34-12-33-19/h7,9-10,14-15,21H,8,11-12H2,1-6H3/b13-7-/t14-,15-,21-,27+/m1/s1. The predicted octanol–water partition coefficient (Wildman–Crippen LogP) is 4.29. The number of carbonyl (C=O) groups is 2. The molecule has 0 unspecified atom stereocenters. The molecule has 1 aromatic carbocycles. The van der Waals surface area contributed by atoms with E-state index in [-0.39, 0.29) is 36.8 Å². The number of Topliss-reactive ketones (excluding diaryl/α,β-unsaturated/α-hetero) is 1. The van der Waals surface area contributed by atoms with E-state index >= 15 is 0 Å². The van der Waals surface area contributed by atoms with Crippen molar-refractivity contribution in [3.05, 3.63) is 52.0 Å². The SMILES string of the molecule is C/C=C(/C)C(=O)O[C@H]1c2cc3c(c4c2[C@@]2(CO4)C(=O)C(OC)=C(OC)C=C2C[C@@H](C)[C@H]1C)OCO3. The van der Waals surface area contributed by atoms with Crippen molar-refractivity contribution in [3.63, 3.8) is 0 Å². The molecule has 35 heavy (non-hydrogen) atoms. The largest absolute Gasteiger partial charge is 0.493 e. The van der Waals surface area contributed by atoms with Gasteiger partial charge in [0.25, 0.3) is 0 Å². The number of ketones is 1. The Kier molecular flexibility index (Phi) is 5.57. The number of allylic oxidation sites excluding steroid dienone is 3. The molecular formula is C27H30O8. The lowest BCUT2D eigenvalue weighted by Crippen LogP contribution is -2.46. The number of ether oxygens (including phenoxy) is 6. The topological polar surface area (TPSA) is 89.5 Å². The van der Waals surface area contributed by atoms with Crippen molar-refractivity contribution in [2.75, 3.05) is 27.6 Å². The van der Waals surface area contributed by atoms with E-state index in [1.54, 1.807) is 19.9 Å². The Labute approximate surface area is 204 Å². The van der Waals surface area contributed by atoms with E-state index in [4.69, 9.17) is 28.4 Å². The van der Waals surface area contributed by atoms with E-state index in [1.807, 2.05) is 12.1 Å². The second-order valence-electron chi connectivity index (χ2n) is 9.54. The highest BCUT2D eigenvalue weighted by molar-refractivity contribution is 6.08. The maximum Gasteiger partial charge on any atom is 0.333 e. The molecule has 0 aromatic heterocycles. The zero-order valence-electron chi connectivity index (χ0n) is 20.9. The van der Waals surface area contributed by atoms with Crippen molar-refractivity contribution >= 4 is 11.8 Å². The van der Waals surface area contributed by atoms with E-state index in [9.17, 15) is 9.59 Å². The first-order chi connectivity index (χ1) is 16.8. The Morgan fingerprint density at radius 3 is 2.60 bits per heavy atom. The number of benzene rings is 1. The fraction of sp³-hybridized carbons (Fsp3) is 0.481. The van der Waals surface area contributed by atoms with Gasteiger partial charge in [-0.1, -0.05) is 19.9 Å². The summed E-state index contributed by atoms with van der Waals surface area (Å²) < 4.78 is 34.9. The second kappa shape index (κ2) is 8.36. The van der Waals surface area contributed by atoms with Gasteiger partial charge in [-0.05, 0) is 43.9 Å². The van der Waals surface area contributed by atoms with Crippen molar-refractivity contribution in [2.24, 2.45) is 11.8 Å². The van der Waals surface area contributed by atoms with Gasteiger partial charge < -0.3 is 28.4 Å². The van der Waals surface area contributed by atoms with Crippen molar-refractivity contribution in [1.82, 2.24) is 0 Å².